The summed E-state index contributed by atoms with van der Waals surface area (Å²) in [5.41, 5.74) is 0.430. The summed E-state index contributed by atoms with van der Waals surface area (Å²) in [5.74, 6) is -3.46. The van der Waals surface area contributed by atoms with Crippen molar-refractivity contribution >= 4 is 35.8 Å². The number of fused-ring (bicyclic) bond motifs is 2. The van der Waals surface area contributed by atoms with Crippen molar-refractivity contribution in [3.8, 4) is 0 Å². The van der Waals surface area contributed by atoms with E-state index in [0.717, 1.165) is 4.90 Å². The first-order valence-electron chi connectivity index (χ1n) is 11.8. The lowest BCUT2D eigenvalue weighted by Gasteiger charge is -2.40. The Labute approximate surface area is 209 Å². The minimum atomic E-state index is -2.59. The van der Waals surface area contributed by atoms with Crippen molar-refractivity contribution in [2.24, 2.45) is 16.8 Å². The van der Waals surface area contributed by atoms with Crippen LogP contribution in [-0.4, -0.2) is 93.8 Å². The summed E-state index contributed by atoms with van der Waals surface area (Å²) < 4.78 is 32.1. The molecule has 14 heteroatoms. The molecular weight excluding hydrogens is 490 g/mol. The first-order chi connectivity index (χ1) is 17.6. The second kappa shape index (κ2) is 8.21. The molecule has 4 amide bonds. The summed E-state index contributed by atoms with van der Waals surface area (Å²) in [6.45, 7) is 1.90. The van der Waals surface area contributed by atoms with Crippen LogP contribution < -0.4 is 10.2 Å². The Hall–Kier alpha value is -4.10. The first kappa shape index (κ1) is 23.3. The highest BCUT2D eigenvalue weighted by Gasteiger charge is 2.71. The molecule has 4 unspecified atom stereocenters. The number of aliphatic imine (C=N–C) groups is 1. The third kappa shape index (κ3) is 3.86. The summed E-state index contributed by atoms with van der Waals surface area (Å²) in [6.07, 6.45) is 0.630. The van der Waals surface area contributed by atoms with E-state index in [9.17, 15) is 23.2 Å². The number of nitrogens with one attached hydrogen (secondary N) is 1. The number of piperidine rings is 1. The van der Waals surface area contributed by atoms with Gasteiger partial charge in [-0.3, -0.25) is 14.5 Å². The third-order valence-electron chi connectivity index (χ3n) is 7.30. The molecule has 2 aromatic heterocycles. The molecule has 6 rings (SSSR count). The molecule has 4 atom stereocenters. The lowest BCUT2D eigenvalue weighted by atomic mass is 10.1. The van der Waals surface area contributed by atoms with Gasteiger partial charge in [-0.15, -0.1) is 0 Å². The van der Waals surface area contributed by atoms with Crippen molar-refractivity contribution in [1.29, 1.82) is 0 Å². The highest BCUT2D eigenvalue weighted by molar-refractivity contribution is 6.03. The molecule has 0 spiro atoms. The van der Waals surface area contributed by atoms with Crippen molar-refractivity contribution in [2.45, 2.75) is 31.6 Å². The zero-order valence-electron chi connectivity index (χ0n) is 20.0. The van der Waals surface area contributed by atoms with Gasteiger partial charge in [-0.25, -0.2) is 23.6 Å². The van der Waals surface area contributed by atoms with E-state index in [1.807, 2.05) is 0 Å². The van der Waals surface area contributed by atoms with Crippen LogP contribution in [0, 0.1) is 18.8 Å². The molecule has 0 aromatic carbocycles. The third-order valence-corrected chi connectivity index (χ3v) is 7.30. The Balaban J connectivity index is 1.11. The number of imide groups is 1. The second-order valence-corrected chi connectivity index (χ2v) is 9.76. The van der Waals surface area contributed by atoms with E-state index in [2.05, 4.69) is 20.4 Å². The molecule has 0 bridgehead atoms. The van der Waals surface area contributed by atoms with Gasteiger partial charge in [0.2, 0.25) is 5.91 Å². The number of aryl methyl sites for hydroxylation is 1. The highest BCUT2D eigenvalue weighted by Crippen LogP contribution is 2.59. The maximum atomic E-state index is 13.5. The van der Waals surface area contributed by atoms with Crippen LogP contribution in [0.2, 0.25) is 0 Å². The van der Waals surface area contributed by atoms with Crippen molar-refractivity contribution in [3.05, 3.63) is 35.7 Å². The van der Waals surface area contributed by atoms with Crippen LogP contribution in [0.25, 0.3) is 0 Å². The Bertz CT molecular complexity index is 1300. The number of halogens is 2. The number of aromatic nitrogens is 2. The molecule has 1 saturated carbocycles. The van der Waals surface area contributed by atoms with E-state index < -0.39 is 47.8 Å². The van der Waals surface area contributed by atoms with Crippen LogP contribution in [0.4, 0.5) is 25.2 Å². The molecule has 3 aliphatic heterocycles. The zero-order valence-corrected chi connectivity index (χ0v) is 20.0. The van der Waals surface area contributed by atoms with Gasteiger partial charge in [-0.1, -0.05) is 11.2 Å². The lowest BCUT2D eigenvalue weighted by Crippen LogP contribution is -2.64. The standard InChI is InChI=1S/C23H24F2N8O4/c1-12-6-13(29-37-12)7-33-21(35)19-20(30(2)22(33)36)26-11-32(19)10-18(34)28-16-4-3-5-17(27-16)31-8-14-15(9-31)23(14,24)25/h3-6,11,14-15,19-20H,7-10H2,1-2H3,(H,27,28,34). The number of likely N-dealkylation sites (N-methyl/N-ethyl adjacent to an activating group) is 1. The van der Waals surface area contributed by atoms with Gasteiger partial charge in [0, 0.05) is 26.2 Å². The largest absolute Gasteiger partial charge is 0.361 e. The van der Waals surface area contributed by atoms with E-state index in [0.29, 0.717) is 17.3 Å². The molecule has 1 N–H and O–H groups in total. The van der Waals surface area contributed by atoms with E-state index in [1.165, 1.54) is 16.1 Å². The van der Waals surface area contributed by atoms with E-state index in [-0.39, 0.29) is 32.0 Å². The topological polar surface area (TPSA) is 127 Å². The molecule has 0 radical (unpaired) electrons. The predicted octanol–water partition coefficient (Wildman–Crippen LogP) is 1.15. The fourth-order valence-electron chi connectivity index (χ4n) is 5.27. The van der Waals surface area contributed by atoms with Crippen LogP contribution in [-0.2, 0) is 16.1 Å². The lowest BCUT2D eigenvalue weighted by molar-refractivity contribution is -0.138. The number of alkyl halides is 2. The Kier molecular flexibility index (Phi) is 5.17. The molecule has 5 heterocycles. The number of pyridine rings is 1. The van der Waals surface area contributed by atoms with Crippen molar-refractivity contribution < 1.29 is 27.7 Å². The average molecular weight is 514 g/mol. The van der Waals surface area contributed by atoms with E-state index >= 15 is 0 Å². The molecule has 3 fully saturated rings. The smallest absolute Gasteiger partial charge is 0.328 e. The summed E-state index contributed by atoms with van der Waals surface area (Å²) >= 11 is 0. The van der Waals surface area contributed by atoms with Crippen LogP contribution >= 0.6 is 0 Å². The Morgan fingerprint density at radius 2 is 2.00 bits per heavy atom. The normalized spacial score (nSPS) is 27.6. The van der Waals surface area contributed by atoms with Gasteiger partial charge < -0.3 is 24.5 Å². The summed E-state index contributed by atoms with van der Waals surface area (Å²) in [5, 5.41) is 6.56. The minimum Gasteiger partial charge on any atom is -0.361 e. The molecule has 12 nitrogen and oxygen atoms in total. The molecule has 4 aliphatic rings. The Morgan fingerprint density at radius 3 is 2.70 bits per heavy atom. The first-order valence-corrected chi connectivity index (χ1v) is 11.8. The van der Waals surface area contributed by atoms with Gasteiger partial charge in [0.05, 0.1) is 31.3 Å². The monoisotopic (exact) mass is 514 g/mol. The maximum absolute atomic E-state index is 13.5. The zero-order chi connectivity index (χ0) is 26.1. The molecule has 1 aliphatic carbocycles. The fourth-order valence-corrected chi connectivity index (χ4v) is 5.27. The van der Waals surface area contributed by atoms with Crippen molar-refractivity contribution in [1.82, 2.24) is 24.8 Å². The number of carbonyl (C=O) groups is 3. The maximum Gasteiger partial charge on any atom is 0.328 e. The van der Waals surface area contributed by atoms with E-state index in [4.69, 9.17) is 4.52 Å². The van der Waals surface area contributed by atoms with Crippen LogP contribution in [0.5, 0.6) is 0 Å². The molecule has 37 heavy (non-hydrogen) atoms. The average Bonchev–Trinajstić information content (AvgIpc) is 3.40. The highest BCUT2D eigenvalue weighted by atomic mass is 19.3. The molecule has 194 valence electrons. The number of hydrogen-bond acceptors (Lipinski definition) is 9. The van der Waals surface area contributed by atoms with Crippen LogP contribution in [0.3, 0.4) is 0 Å². The number of amides is 4. The SMILES string of the molecule is Cc1cc(CN2C(=O)C3C(N=CN3CC(=O)Nc3cccc(N4CC5C(C4)C5(F)F)n3)N(C)C2=O)no1. The van der Waals surface area contributed by atoms with Gasteiger partial charge in [0.15, 0.2) is 12.2 Å². The number of nitrogens with zero attached hydrogens (tertiary/aromatic N) is 7. The van der Waals surface area contributed by atoms with Crippen molar-refractivity contribution in [2.75, 3.05) is 36.9 Å². The number of hydrogen-bond donors (Lipinski definition) is 1. The number of rotatable bonds is 6. The van der Waals surface area contributed by atoms with Crippen LogP contribution in [0.15, 0.2) is 33.8 Å². The summed E-state index contributed by atoms with van der Waals surface area (Å²) in [7, 11) is 1.54. The van der Waals surface area contributed by atoms with Gasteiger partial charge in [0.25, 0.3) is 11.8 Å². The molecular formula is C23H24F2N8O4. The Morgan fingerprint density at radius 1 is 1.24 bits per heavy atom. The predicted molar refractivity (Wildman–Crippen MR) is 125 cm³/mol. The summed E-state index contributed by atoms with van der Waals surface area (Å²) in [6, 6.07) is 5.26. The van der Waals surface area contributed by atoms with E-state index in [1.54, 1.807) is 43.1 Å². The minimum absolute atomic E-state index is 0.0660. The van der Waals surface area contributed by atoms with Gasteiger partial charge in [-0.2, -0.15) is 0 Å². The second-order valence-electron chi connectivity index (χ2n) is 9.76. The quantitative estimate of drug-likeness (QED) is 0.608. The number of urea groups is 1. The van der Waals surface area contributed by atoms with Crippen molar-refractivity contribution in [3.63, 3.8) is 0 Å². The van der Waals surface area contributed by atoms with Gasteiger partial charge in [0.1, 0.15) is 23.1 Å². The van der Waals surface area contributed by atoms with Gasteiger partial charge >= 0.3 is 6.03 Å². The molecule has 2 saturated heterocycles. The van der Waals surface area contributed by atoms with Gasteiger partial charge in [-0.05, 0) is 19.1 Å². The van der Waals surface area contributed by atoms with Crippen LogP contribution in [0.1, 0.15) is 11.5 Å². The summed E-state index contributed by atoms with van der Waals surface area (Å²) in [4.78, 5) is 53.3. The number of anilines is 2. The molecule has 2 aromatic rings. The number of carbonyl (C=O) groups excluding carboxylic acids is 3. The fraction of sp³-hybridized carbons (Fsp3) is 0.478.